The molecule has 1 heterocycles. The lowest BCUT2D eigenvalue weighted by Gasteiger charge is -2.24. The molecule has 0 bridgehead atoms. The largest absolute Gasteiger partial charge is 0.491 e. The lowest BCUT2D eigenvalue weighted by Crippen LogP contribution is -2.33. The fourth-order valence-corrected chi connectivity index (χ4v) is 2.96. The zero-order valence-electron chi connectivity index (χ0n) is 21.7. The van der Waals surface area contributed by atoms with Gasteiger partial charge in [-0.3, -0.25) is 4.79 Å². The molecule has 0 aromatic heterocycles. The van der Waals surface area contributed by atoms with Gasteiger partial charge in [-0.2, -0.15) is 0 Å². The van der Waals surface area contributed by atoms with Crippen LogP contribution >= 0.6 is 0 Å². The van der Waals surface area contributed by atoms with Gasteiger partial charge >= 0.3 is 0 Å². The fraction of sp³-hybridized carbons (Fsp3) is 0.367. The maximum atomic E-state index is 12.6. The van der Waals surface area contributed by atoms with Crippen molar-refractivity contribution in [3.63, 3.8) is 0 Å². The van der Waals surface area contributed by atoms with Crippen molar-refractivity contribution in [3.8, 4) is 0 Å². The molecule has 34 heavy (non-hydrogen) atoms. The van der Waals surface area contributed by atoms with E-state index in [-0.39, 0.29) is 17.7 Å². The van der Waals surface area contributed by atoms with E-state index in [1.54, 1.807) is 12.2 Å². The van der Waals surface area contributed by atoms with Crippen molar-refractivity contribution in [1.82, 2.24) is 5.32 Å². The molecule has 0 saturated heterocycles. The molecule has 4 heteroatoms. The van der Waals surface area contributed by atoms with Crippen LogP contribution in [0.2, 0.25) is 0 Å². The molecule has 0 unspecified atom stereocenters. The number of carbonyl (C=O) groups excluding carboxylic acids is 1. The number of hydrogen-bond acceptors (Lipinski definition) is 3. The summed E-state index contributed by atoms with van der Waals surface area (Å²) < 4.78 is 5.31. The number of aliphatic hydroxyl groups is 1. The average Bonchev–Trinajstić information content (AvgIpc) is 2.77. The molecule has 0 aromatic carbocycles. The Morgan fingerprint density at radius 3 is 2.32 bits per heavy atom. The number of amides is 1. The van der Waals surface area contributed by atoms with Gasteiger partial charge in [0.1, 0.15) is 0 Å². The predicted molar refractivity (Wildman–Crippen MR) is 144 cm³/mol. The highest BCUT2D eigenvalue weighted by Gasteiger charge is 2.21. The van der Waals surface area contributed by atoms with Gasteiger partial charge in [0.05, 0.1) is 13.2 Å². The van der Waals surface area contributed by atoms with E-state index in [4.69, 9.17) is 4.74 Å². The van der Waals surface area contributed by atoms with Crippen LogP contribution in [0, 0.1) is 5.41 Å². The van der Waals surface area contributed by atoms with E-state index in [2.05, 4.69) is 11.4 Å². The van der Waals surface area contributed by atoms with Crippen LogP contribution in [-0.4, -0.2) is 30.3 Å². The molecule has 2 atom stereocenters. The van der Waals surface area contributed by atoms with E-state index in [1.165, 1.54) is 7.11 Å². The molecule has 0 spiro atoms. The summed E-state index contributed by atoms with van der Waals surface area (Å²) in [5.41, 5.74) is 2.69. The third kappa shape index (κ3) is 11.7. The first kappa shape index (κ1) is 28.9. The summed E-state index contributed by atoms with van der Waals surface area (Å²) in [6.45, 7) is 11.9. The molecule has 1 aliphatic rings. The van der Waals surface area contributed by atoms with Crippen molar-refractivity contribution in [2.75, 3.05) is 7.11 Å². The molecule has 184 valence electrons. The van der Waals surface area contributed by atoms with Crippen molar-refractivity contribution in [2.45, 2.75) is 60.1 Å². The first-order valence-electron chi connectivity index (χ1n) is 11.7. The maximum Gasteiger partial charge on any atom is 0.286 e. The van der Waals surface area contributed by atoms with Crippen molar-refractivity contribution >= 4 is 5.91 Å². The summed E-state index contributed by atoms with van der Waals surface area (Å²) in [5, 5.41) is 13.5. The summed E-state index contributed by atoms with van der Waals surface area (Å²) in [7, 11) is 1.50. The molecule has 0 aromatic rings. The standard InChI is InChI=1S/C30H41NO3/c1-23-14-10-11-18-28(32)30(5,6)21-12-8-9-15-25(3)22-27(34-7)29(33)31-26(4)20-19-24(2)17-13-16-23/h8-19,21-22,26,28,32H,20H2,1-7H3,(H,31,33)/b9-8+,14-10+,17-13+,18-11-,21-12+,23-16+,24-19+,25-15+,27-22-/t26-,28-/m0/s1. The van der Waals surface area contributed by atoms with E-state index in [1.807, 2.05) is 108 Å². The van der Waals surface area contributed by atoms with Crippen molar-refractivity contribution in [3.05, 3.63) is 108 Å². The second kappa shape index (κ2) is 14.9. The number of rotatable bonds is 1. The molecule has 1 amide bonds. The lowest BCUT2D eigenvalue weighted by molar-refractivity contribution is -0.121. The molecule has 0 aliphatic carbocycles. The van der Waals surface area contributed by atoms with Crippen LogP contribution < -0.4 is 5.32 Å². The zero-order chi connectivity index (χ0) is 25.6. The van der Waals surface area contributed by atoms with Gasteiger partial charge < -0.3 is 15.2 Å². The third-order valence-corrected chi connectivity index (χ3v) is 5.32. The summed E-state index contributed by atoms with van der Waals surface area (Å²) in [4.78, 5) is 12.6. The van der Waals surface area contributed by atoms with Crippen molar-refractivity contribution in [1.29, 1.82) is 0 Å². The van der Waals surface area contributed by atoms with Crippen molar-refractivity contribution in [2.24, 2.45) is 5.41 Å². The van der Waals surface area contributed by atoms with Crippen LogP contribution in [0.15, 0.2) is 108 Å². The number of methoxy groups -OCH3 is 1. The van der Waals surface area contributed by atoms with Gasteiger partial charge in [-0.05, 0) is 45.8 Å². The highest BCUT2D eigenvalue weighted by molar-refractivity contribution is 5.92. The van der Waals surface area contributed by atoms with Crippen LogP contribution in [0.5, 0.6) is 0 Å². The predicted octanol–water partition coefficient (Wildman–Crippen LogP) is 6.43. The summed E-state index contributed by atoms with van der Waals surface area (Å²) in [6.07, 6.45) is 27.2. The van der Waals surface area contributed by atoms with E-state index in [0.717, 1.165) is 23.1 Å². The molecule has 1 aliphatic heterocycles. The van der Waals surface area contributed by atoms with Crippen LogP contribution in [0.3, 0.4) is 0 Å². The second-order valence-corrected chi connectivity index (χ2v) is 9.21. The van der Waals surface area contributed by atoms with E-state index < -0.39 is 11.5 Å². The molecular weight excluding hydrogens is 422 g/mol. The Labute approximate surface area is 206 Å². The van der Waals surface area contributed by atoms with Crippen LogP contribution in [0.4, 0.5) is 0 Å². The first-order valence-corrected chi connectivity index (χ1v) is 11.7. The minimum Gasteiger partial charge on any atom is -0.491 e. The Morgan fingerprint density at radius 1 is 0.941 bits per heavy atom. The summed E-state index contributed by atoms with van der Waals surface area (Å²) in [6, 6.07) is -0.0278. The second-order valence-electron chi connectivity index (χ2n) is 9.21. The number of ether oxygens (including phenoxy) is 1. The number of aliphatic hydroxyl groups excluding tert-OH is 1. The monoisotopic (exact) mass is 463 g/mol. The molecule has 0 radical (unpaired) electrons. The Kier molecular flexibility index (Phi) is 12.7. The average molecular weight is 464 g/mol. The topological polar surface area (TPSA) is 58.6 Å². The first-order chi connectivity index (χ1) is 16.0. The number of hydrogen-bond donors (Lipinski definition) is 2. The van der Waals surface area contributed by atoms with E-state index in [0.29, 0.717) is 0 Å². The minimum atomic E-state index is -0.616. The Bertz CT molecular complexity index is 950. The molecule has 4 nitrogen and oxygen atoms in total. The van der Waals surface area contributed by atoms with Gasteiger partial charge in [0, 0.05) is 11.5 Å². The summed E-state index contributed by atoms with van der Waals surface area (Å²) >= 11 is 0. The third-order valence-electron chi connectivity index (χ3n) is 5.32. The molecule has 0 fully saturated rings. The highest BCUT2D eigenvalue weighted by Crippen LogP contribution is 2.23. The van der Waals surface area contributed by atoms with Crippen molar-refractivity contribution < 1.29 is 14.6 Å². The smallest absolute Gasteiger partial charge is 0.286 e. The van der Waals surface area contributed by atoms with Gasteiger partial charge in [0.25, 0.3) is 5.91 Å². The van der Waals surface area contributed by atoms with Gasteiger partial charge in [0.15, 0.2) is 5.76 Å². The fourth-order valence-electron chi connectivity index (χ4n) is 2.96. The number of carbonyl (C=O) groups is 1. The quantitative estimate of drug-likeness (QED) is 0.471. The van der Waals surface area contributed by atoms with E-state index >= 15 is 0 Å². The lowest BCUT2D eigenvalue weighted by atomic mass is 9.86. The Balaban J connectivity index is 3.21. The number of allylic oxidation sites excluding steroid dienone is 14. The molecule has 0 saturated carbocycles. The van der Waals surface area contributed by atoms with Gasteiger partial charge in [-0.15, -0.1) is 0 Å². The Hall–Kier alpha value is -3.11. The number of nitrogens with one attached hydrogen (secondary N) is 1. The Morgan fingerprint density at radius 2 is 1.62 bits per heavy atom. The maximum absolute atomic E-state index is 12.6. The highest BCUT2D eigenvalue weighted by atomic mass is 16.5. The van der Waals surface area contributed by atoms with Crippen LogP contribution in [0.25, 0.3) is 0 Å². The van der Waals surface area contributed by atoms with Gasteiger partial charge in [-0.25, -0.2) is 0 Å². The van der Waals surface area contributed by atoms with Crippen LogP contribution in [0.1, 0.15) is 48.0 Å². The van der Waals surface area contributed by atoms with E-state index in [9.17, 15) is 9.90 Å². The SMILES string of the molecule is CO\C1=C/C(C)=C/C=C/C=C/C(C)(C)[C@@H](O)\C=C/C=C/C(C)=C/C=C/C(C)=C/C[C@H](C)NC1=O. The zero-order valence-corrected chi connectivity index (χ0v) is 21.7. The van der Waals surface area contributed by atoms with Gasteiger partial charge in [-0.1, -0.05) is 104 Å². The molecular formula is C30H41NO3. The molecule has 1 rings (SSSR count). The summed E-state index contributed by atoms with van der Waals surface area (Å²) in [5.74, 6) is 0.0288. The van der Waals surface area contributed by atoms with Crippen LogP contribution in [-0.2, 0) is 9.53 Å². The minimum absolute atomic E-state index is 0.0278. The normalized spacial score (nSPS) is 34.1. The van der Waals surface area contributed by atoms with Gasteiger partial charge in [0.2, 0.25) is 0 Å². The molecule has 2 N–H and O–H groups in total.